The summed E-state index contributed by atoms with van der Waals surface area (Å²) in [5.74, 6) is -0.770. The summed E-state index contributed by atoms with van der Waals surface area (Å²) in [6, 6.07) is 2.48. The molecular weight excluding hydrogens is 404 g/mol. The first-order valence-corrected chi connectivity index (χ1v) is 11.1. The van der Waals surface area contributed by atoms with Crippen LogP contribution in [0.15, 0.2) is 27.6 Å². The number of rotatable bonds is 4. The molecule has 1 atom stereocenters. The van der Waals surface area contributed by atoms with E-state index in [1.807, 2.05) is 6.92 Å². The number of hydrogen-bond acceptors (Lipinski definition) is 6. The second-order valence-corrected chi connectivity index (χ2v) is 9.83. The Kier molecular flexibility index (Phi) is 5.43. The average Bonchev–Trinajstić information content (AvgIpc) is 3.20. The smallest absolute Gasteiger partial charge is 0.246 e. The van der Waals surface area contributed by atoms with Gasteiger partial charge in [-0.2, -0.15) is 9.29 Å². The number of benzene rings is 1. The Morgan fingerprint density at radius 2 is 2.00 bits per heavy atom. The first-order valence-electron chi connectivity index (χ1n) is 9.67. The van der Waals surface area contributed by atoms with Crippen LogP contribution >= 0.6 is 0 Å². The lowest BCUT2D eigenvalue weighted by Crippen LogP contribution is -2.47. The Labute approximate surface area is 168 Å². The number of sulfonamides is 1. The highest BCUT2D eigenvalue weighted by Gasteiger charge is 2.42. The molecule has 158 valence electrons. The second-order valence-electron chi connectivity index (χ2n) is 7.92. The zero-order valence-electron chi connectivity index (χ0n) is 16.1. The molecule has 0 bridgehead atoms. The Hall–Kier alpha value is -1.91. The fourth-order valence-corrected chi connectivity index (χ4v) is 5.64. The lowest BCUT2D eigenvalue weighted by atomic mass is 9.82. The maximum absolute atomic E-state index is 14.1. The first-order chi connectivity index (χ1) is 13.8. The summed E-state index contributed by atoms with van der Waals surface area (Å²) in [6.07, 6.45) is 2.86. The van der Waals surface area contributed by atoms with Gasteiger partial charge in [-0.1, -0.05) is 12.1 Å². The third kappa shape index (κ3) is 3.93. The molecule has 1 aromatic carbocycles. The fraction of sp³-hybridized carbons (Fsp3) is 0.579. The Bertz CT molecular complexity index is 991. The van der Waals surface area contributed by atoms with Crippen molar-refractivity contribution in [2.75, 3.05) is 26.3 Å². The van der Waals surface area contributed by atoms with E-state index in [-0.39, 0.29) is 19.0 Å². The third-order valence-corrected chi connectivity index (χ3v) is 7.60. The molecule has 4 rings (SSSR count). The minimum absolute atomic E-state index is 0.0961. The van der Waals surface area contributed by atoms with Crippen LogP contribution in [0.4, 0.5) is 8.78 Å². The van der Waals surface area contributed by atoms with Gasteiger partial charge in [0.25, 0.3) is 0 Å². The monoisotopic (exact) mass is 427 g/mol. The topological polar surface area (TPSA) is 85.5 Å². The van der Waals surface area contributed by atoms with E-state index in [0.717, 1.165) is 25.0 Å². The quantitative estimate of drug-likeness (QED) is 0.746. The molecule has 2 aliphatic heterocycles. The second kappa shape index (κ2) is 7.73. The van der Waals surface area contributed by atoms with E-state index in [1.165, 1.54) is 4.31 Å². The van der Waals surface area contributed by atoms with E-state index >= 15 is 0 Å². The lowest BCUT2D eigenvalue weighted by Gasteiger charge is -2.37. The summed E-state index contributed by atoms with van der Waals surface area (Å²) >= 11 is 0. The molecule has 2 fully saturated rings. The Morgan fingerprint density at radius 3 is 2.72 bits per heavy atom. The van der Waals surface area contributed by atoms with Crippen molar-refractivity contribution in [2.24, 2.45) is 0 Å². The van der Waals surface area contributed by atoms with Gasteiger partial charge in [0.1, 0.15) is 16.5 Å². The van der Waals surface area contributed by atoms with Crippen LogP contribution in [0.1, 0.15) is 50.2 Å². The molecule has 3 heterocycles. The molecule has 2 aromatic rings. The largest absolute Gasteiger partial charge is 0.381 e. The van der Waals surface area contributed by atoms with Gasteiger partial charge < -0.3 is 9.26 Å². The molecule has 1 aromatic heterocycles. The first kappa shape index (κ1) is 20.4. The molecule has 2 saturated heterocycles. The Balaban J connectivity index is 1.58. The molecule has 0 N–H and O–H groups in total. The number of ether oxygens (including phenoxy) is 1. The molecule has 7 nitrogen and oxygen atoms in total. The van der Waals surface area contributed by atoms with Crippen molar-refractivity contribution in [1.82, 2.24) is 14.4 Å². The molecule has 0 aliphatic carbocycles. The number of aromatic nitrogens is 2. The maximum Gasteiger partial charge on any atom is 0.246 e. The normalized spacial score (nSPS) is 24.7. The van der Waals surface area contributed by atoms with Gasteiger partial charge in [-0.05, 0) is 37.8 Å². The van der Waals surface area contributed by atoms with Crippen molar-refractivity contribution in [1.29, 1.82) is 0 Å². The summed E-state index contributed by atoms with van der Waals surface area (Å²) in [4.78, 5) is 4.04. The van der Waals surface area contributed by atoms with Crippen LogP contribution in [0.3, 0.4) is 0 Å². The standard InChI is InChI=1S/C19H23F2N3O4S/c1-19(18-22-17(28-23-18)13-5-9-27-10-6-13)7-2-8-24(12-19)29(25,26)16-4-3-14(20)11-15(16)21/h3-4,11,13H,2,5-10,12H2,1H3. The summed E-state index contributed by atoms with van der Waals surface area (Å²) in [7, 11) is -4.11. The van der Waals surface area contributed by atoms with Crippen LogP contribution < -0.4 is 0 Å². The molecule has 0 spiro atoms. The van der Waals surface area contributed by atoms with Crippen LogP contribution in [0.5, 0.6) is 0 Å². The fourth-order valence-electron chi connectivity index (χ4n) is 3.99. The predicted molar refractivity (Wildman–Crippen MR) is 98.8 cm³/mol. The molecule has 29 heavy (non-hydrogen) atoms. The summed E-state index contributed by atoms with van der Waals surface area (Å²) < 4.78 is 65.3. The van der Waals surface area contributed by atoms with Crippen molar-refractivity contribution in [3.63, 3.8) is 0 Å². The maximum atomic E-state index is 14.1. The van der Waals surface area contributed by atoms with E-state index in [4.69, 9.17) is 9.26 Å². The van der Waals surface area contributed by atoms with Gasteiger partial charge in [0, 0.05) is 43.7 Å². The molecule has 10 heteroatoms. The van der Waals surface area contributed by atoms with E-state index in [2.05, 4.69) is 10.1 Å². The number of halogens is 2. The third-order valence-electron chi connectivity index (χ3n) is 5.73. The summed E-state index contributed by atoms with van der Waals surface area (Å²) in [5, 5.41) is 4.13. The van der Waals surface area contributed by atoms with Gasteiger partial charge >= 0.3 is 0 Å². The molecule has 2 aliphatic rings. The average molecular weight is 427 g/mol. The van der Waals surface area contributed by atoms with E-state index in [1.54, 1.807) is 0 Å². The summed E-state index contributed by atoms with van der Waals surface area (Å²) in [6.45, 7) is 3.52. The molecular formula is C19H23F2N3O4S. The highest BCUT2D eigenvalue weighted by atomic mass is 32.2. The zero-order valence-corrected chi connectivity index (χ0v) is 16.9. The predicted octanol–water partition coefficient (Wildman–Crippen LogP) is 2.98. The highest BCUT2D eigenvalue weighted by molar-refractivity contribution is 7.89. The molecule has 1 unspecified atom stereocenters. The minimum atomic E-state index is -4.11. The van der Waals surface area contributed by atoms with Crippen molar-refractivity contribution >= 4 is 10.0 Å². The molecule has 0 radical (unpaired) electrons. The van der Waals surface area contributed by atoms with Gasteiger partial charge in [0.2, 0.25) is 15.9 Å². The van der Waals surface area contributed by atoms with Gasteiger partial charge in [-0.15, -0.1) is 0 Å². The van der Waals surface area contributed by atoms with Crippen LogP contribution in [-0.4, -0.2) is 49.2 Å². The van der Waals surface area contributed by atoms with Crippen molar-refractivity contribution < 1.29 is 26.5 Å². The number of hydrogen-bond donors (Lipinski definition) is 0. The molecule has 0 saturated carbocycles. The van der Waals surface area contributed by atoms with Crippen molar-refractivity contribution in [2.45, 2.75) is 48.8 Å². The van der Waals surface area contributed by atoms with Crippen molar-refractivity contribution in [3.8, 4) is 0 Å². The van der Waals surface area contributed by atoms with Crippen LogP contribution in [-0.2, 0) is 20.2 Å². The van der Waals surface area contributed by atoms with Gasteiger partial charge in [-0.3, -0.25) is 0 Å². The zero-order chi connectivity index (χ0) is 20.6. The minimum Gasteiger partial charge on any atom is -0.381 e. The molecule has 0 amide bonds. The SMILES string of the molecule is CC1(c2noc(C3CCOCC3)n2)CCCN(S(=O)(=O)c2ccc(F)cc2F)C1. The van der Waals surface area contributed by atoms with Crippen LogP contribution in [0, 0.1) is 11.6 Å². The van der Waals surface area contributed by atoms with Crippen LogP contribution in [0.2, 0.25) is 0 Å². The lowest BCUT2D eigenvalue weighted by molar-refractivity contribution is 0.0778. The number of piperidine rings is 1. The van der Waals surface area contributed by atoms with Gasteiger partial charge in [-0.25, -0.2) is 17.2 Å². The van der Waals surface area contributed by atoms with E-state index < -0.39 is 32.0 Å². The number of nitrogens with zero attached hydrogens (tertiary/aromatic N) is 3. The van der Waals surface area contributed by atoms with Gasteiger partial charge in [0.15, 0.2) is 5.82 Å². The van der Waals surface area contributed by atoms with E-state index in [9.17, 15) is 17.2 Å². The van der Waals surface area contributed by atoms with Crippen molar-refractivity contribution in [3.05, 3.63) is 41.5 Å². The Morgan fingerprint density at radius 1 is 1.24 bits per heavy atom. The van der Waals surface area contributed by atoms with Crippen LogP contribution in [0.25, 0.3) is 0 Å². The summed E-state index contributed by atoms with van der Waals surface area (Å²) in [5.41, 5.74) is -0.658. The highest BCUT2D eigenvalue weighted by Crippen LogP contribution is 2.36. The van der Waals surface area contributed by atoms with Gasteiger partial charge in [0.05, 0.1) is 0 Å². The van der Waals surface area contributed by atoms with E-state index in [0.29, 0.717) is 43.8 Å².